The molecule has 1 aliphatic heterocycles. The minimum Gasteiger partial charge on any atom is -0.382 e. The lowest BCUT2D eigenvalue weighted by molar-refractivity contribution is -0.138. The number of piperazine rings is 1. The van der Waals surface area contributed by atoms with Gasteiger partial charge in [0, 0.05) is 86.4 Å². The molecular weight excluding hydrogens is 893 g/mol. The van der Waals surface area contributed by atoms with Crippen LogP contribution in [0.3, 0.4) is 0 Å². The molecule has 3 unspecified atom stereocenters. The van der Waals surface area contributed by atoms with Gasteiger partial charge in [-0.25, -0.2) is 9.97 Å². The van der Waals surface area contributed by atoms with Crippen molar-refractivity contribution in [1.29, 1.82) is 0 Å². The number of aliphatic hydroxyl groups is 1. The fourth-order valence-electron chi connectivity index (χ4n) is 7.64. The second-order valence-electron chi connectivity index (χ2n) is 17.5. The number of anilines is 3. The molecule has 2 aromatic heterocycles. The van der Waals surface area contributed by atoms with E-state index in [2.05, 4.69) is 41.1 Å². The van der Waals surface area contributed by atoms with Crippen LogP contribution in [0.1, 0.15) is 47.3 Å². The Balaban J connectivity index is 0.797. The SMILES string of the molecule is Cc1ccc(NC(=O)c2ccc(CN3CCN(C(=O)COCCOCCOCCNC(=O)C(CC(C)C)NC(=O)C(O)C(N)Cc4ccccc4)CC3)cc2)cc1Nc1nccc(-c2cccnc2)n1. The van der Waals surface area contributed by atoms with Crippen LogP contribution in [-0.4, -0.2) is 144 Å². The van der Waals surface area contributed by atoms with Gasteiger partial charge >= 0.3 is 0 Å². The minimum absolute atomic E-state index is 0.0314. The molecule has 18 heteroatoms. The molecule has 0 bridgehead atoms. The normalized spacial score (nSPS) is 14.1. The number of aliphatic hydroxyl groups excluding tert-OH is 1. The van der Waals surface area contributed by atoms with Crippen molar-refractivity contribution in [2.75, 3.05) is 83.0 Å². The van der Waals surface area contributed by atoms with Gasteiger partial charge in [0.25, 0.3) is 11.8 Å². The van der Waals surface area contributed by atoms with Gasteiger partial charge in [0.2, 0.25) is 17.8 Å². The zero-order valence-electron chi connectivity index (χ0n) is 40.2. The molecule has 4 amide bonds. The van der Waals surface area contributed by atoms with E-state index in [-0.39, 0.29) is 50.0 Å². The van der Waals surface area contributed by atoms with Crippen LogP contribution in [0.4, 0.5) is 17.3 Å². The molecule has 1 aliphatic rings. The standard InChI is InChI=1S/C52H66N10O8/c1-36(2)30-46(58-51(67)48(64)43(53)31-38-8-5-4-6-9-38)50(66)55-20-25-68-26-27-69-28-29-70-35-47(63)62-23-21-61(22-24-62)34-39-12-14-40(15-13-39)49(65)57-42-16-11-37(3)45(32-42)60-52-56-19-17-44(59-52)41-10-7-18-54-33-41/h4-19,32-33,36,43,46,48,64H,20-31,34-35,53H2,1-3H3,(H,55,66)(H,57,65)(H,58,67)(H,56,59,60). The second-order valence-corrected chi connectivity index (χ2v) is 17.5. The van der Waals surface area contributed by atoms with Crippen molar-refractivity contribution >= 4 is 41.0 Å². The molecule has 70 heavy (non-hydrogen) atoms. The van der Waals surface area contributed by atoms with Gasteiger partial charge in [0.15, 0.2) is 0 Å². The first-order valence-corrected chi connectivity index (χ1v) is 23.7. The Morgan fingerprint density at radius 1 is 0.800 bits per heavy atom. The van der Waals surface area contributed by atoms with Crippen LogP contribution in [0, 0.1) is 12.8 Å². The highest BCUT2D eigenvalue weighted by Gasteiger charge is 2.29. The monoisotopic (exact) mass is 959 g/mol. The molecule has 7 N–H and O–H groups in total. The number of aromatic nitrogens is 3. The molecular formula is C52H66N10O8. The molecule has 3 atom stereocenters. The summed E-state index contributed by atoms with van der Waals surface area (Å²) in [7, 11) is 0. The lowest BCUT2D eigenvalue weighted by atomic mass is 10.00. The summed E-state index contributed by atoms with van der Waals surface area (Å²) < 4.78 is 16.7. The van der Waals surface area contributed by atoms with E-state index in [4.69, 9.17) is 19.9 Å². The van der Waals surface area contributed by atoms with E-state index in [0.717, 1.165) is 33.6 Å². The van der Waals surface area contributed by atoms with Crippen LogP contribution in [0.2, 0.25) is 0 Å². The van der Waals surface area contributed by atoms with Crippen molar-refractivity contribution < 1.29 is 38.5 Å². The summed E-state index contributed by atoms with van der Waals surface area (Å²) in [6, 6.07) is 26.5. The predicted molar refractivity (Wildman–Crippen MR) is 267 cm³/mol. The molecule has 372 valence electrons. The number of aryl methyl sites for hydroxylation is 1. The van der Waals surface area contributed by atoms with E-state index >= 15 is 0 Å². The lowest BCUT2D eigenvalue weighted by Crippen LogP contribution is -2.54. The number of hydrogen-bond acceptors (Lipinski definition) is 14. The van der Waals surface area contributed by atoms with Gasteiger partial charge in [-0.3, -0.25) is 29.1 Å². The molecule has 3 aromatic carbocycles. The second kappa shape index (κ2) is 27.5. The first kappa shape index (κ1) is 52.7. The molecule has 3 heterocycles. The number of pyridine rings is 1. The molecule has 0 spiro atoms. The van der Waals surface area contributed by atoms with E-state index in [9.17, 15) is 24.3 Å². The quantitative estimate of drug-likeness (QED) is 0.0428. The topological polar surface area (TPSA) is 235 Å². The van der Waals surface area contributed by atoms with Crippen LogP contribution in [0.15, 0.2) is 110 Å². The summed E-state index contributed by atoms with van der Waals surface area (Å²) in [5, 5.41) is 22.3. The average molecular weight is 959 g/mol. The molecule has 1 saturated heterocycles. The number of rotatable bonds is 26. The van der Waals surface area contributed by atoms with E-state index in [1.54, 1.807) is 23.5 Å². The van der Waals surface area contributed by atoms with Gasteiger partial charge in [-0.1, -0.05) is 62.4 Å². The summed E-state index contributed by atoms with van der Waals surface area (Å²) in [5.74, 6) is -0.806. The lowest BCUT2D eigenvalue weighted by Gasteiger charge is -2.34. The van der Waals surface area contributed by atoms with Crippen molar-refractivity contribution in [3.63, 3.8) is 0 Å². The maximum absolute atomic E-state index is 13.2. The maximum Gasteiger partial charge on any atom is 0.255 e. The van der Waals surface area contributed by atoms with E-state index in [1.807, 2.05) is 112 Å². The number of amides is 4. The highest BCUT2D eigenvalue weighted by Crippen LogP contribution is 2.25. The molecule has 0 aliphatic carbocycles. The number of nitrogens with two attached hydrogens (primary N) is 1. The minimum atomic E-state index is -1.47. The number of carbonyl (C=O) groups is 4. The first-order valence-electron chi connectivity index (χ1n) is 23.7. The maximum atomic E-state index is 13.2. The number of nitrogens with one attached hydrogen (secondary N) is 4. The Hall–Kier alpha value is -6.67. The molecule has 5 aromatic rings. The van der Waals surface area contributed by atoms with E-state index in [1.165, 1.54) is 0 Å². The Kier molecular flexibility index (Phi) is 20.7. The molecule has 1 fully saturated rings. The number of nitrogens with zero attached hydrogens (tertiary/aromatic N) is 5. The van der Waals surface area contributed by atoms with Gasteiger partial charge in [-0.15, -0.1) is 0 Å². The van der Waals surface area contributed by atoms with E-state index in [0.29, 0.717) is 82.6 Å². The summed E-state index contributed by atoms with van der Waals surface area (Å²) in [6.45, 7) is 10.8. The molecule has 0 radical (unpaired) electrons. The van der Waals surface area contributed by atoms with Gasteiger partial charge in [-0.05, 0) is 84.8 Å². The van der Waals surface area contributed by atoms with Crippen LogP contribution in [0.5, 0.6) is 0 Å². The van der Waals surface area contributed by atoms with Gasteiger partial charge in [0.1, 0.15) is 18.8 Å². The number of ether oxygens (including phenoxy) is 3. The summed E-state index contributed by atoms with van der Waals surface area (Å²) >= 11 is 0. The third kappa shape index (κ3) is 17.1. The van der Waals surface area contributed by atoms with Crippen LogP contribution in [-0.2, 0) is 41.6 Å². The highest BCUT2D eigenvalue weighted by atomic mass is 16.5. The third-order valence-corrected chi connectivity index (χ3v) is 11.5. The van der Waals surface area contributed by atoms with Gasteiger partial charge in [-0.2, -0.15) is 0 Å². The van der Waals surface area contributed by atoms with Gasteiger partial charge in [0.05, 0.1) is 38.7 Å². The smallest absolute Gasteiger partial charge is 0.255 e. The van der Waals surface area contributed by atoms with Crippen molar-refractivity contribution in [1.82, 2.24) is 35.4 Å². The van der Waals surface area contributed by atoms with Crippen molar-refractivity contribution in [2.24, 2.45) is 11.7 Å². The Morgan fingerprint density at radius 2 is 1.53 bits per heavy atom. The zero-order chi connectivity index (χ0) is 49.7. The fourth-order valence-corrected chi connectivity index (χ4v) is 7.64. The van der Waals surface area contributed by atoms with Crippen molar-refractivity contribution in [2.45, 2.75) is 58.3 Å². The van der Waals surface area contributed by atoms with Gasteiger partial charge < -0.3 is 51.2 Å². The molecule has 18 nitrogen and oxygen atoms in total. The Bertz CT molecular complexity index is 2420. The summed E-state index contributed by atoms with van der Waals surface area (Å²) in [6.07, 6.45) is 4.39. The summed E-state index contributed by atoms with van der Waals surface area (Å²) in [4.78, 5) is 69.0. The van der Waals surface area contributed by atoms with Crippen LogP contribution >= 0.6 is 0 Å². The number of benzene rings is 3. The molecule has 0 saturated carbocycles. The Labute approximate surface area is 409 Å². The predicted octanol–water partition coefficient (Wildman–Crippen LogP) is 4.11. The van der Waals surface area contributed by atoms with Crippen molar-refractivity contribution in [3.05, 3.63) is 132 Å². The van der Waals surface area contributed by atoms with E-state index < -0.39 is 24.1 Å². The first-order chi connectivity index (χ1) is 33.9. The number of hydrogen-bond donors (Lipinski definition) is 6. The largest absolute Gasteiger partial charge is 0.382 e. The molecule has 6 rings (SSSR count). The highest BCUT2D eigenvalue weighted by molar-refractivity contribution is 6.04. The Morgan fingerprint density at radius 3 is 2.24 bits per heavy atom. The fraction of sp³-hybridized carbons (Fsp3) is 0.404. The van der Waals surface area contributed by atoms with Crippen molar-refractivity contribution in [3.8, 4) is 11.3 Å². The van der Waals surface area contributed by atoms with Crippen LogP contribution in [0.25, 0.3) is 11.3 Å². The average Bonchev–Trinajstić information content (AvgIpc) is 3.37. The summed E-state index contributed by atoms with van der Waals surface area (Å²) in [5.41, 5.74) is 12.6. The number of carbonyl (C=O) groups excluding carboxylic acids is 4. The zero-order valence-corrected chi connectivity index (χ0v) is 40.2. The third-order valence-electron chi connectivity index (χ3n) is 11.5. The van der Waals surface area contributed by atoms with Crippen LogP contribution < -0.4 is 27.0 Å².